The quantitative estimate of drug-likeness (QED) is 0.678. The number of hydrogen-bond donors (Lipinski definition) is 1. The van der Waals surface area contributed by atoms with E-state index >= 15 is 0 Å². The van der Waals surface area contributed by atoms with E-state index < -0.39 is 0 Å². The summed E-state index contributed by atoms with van der Waals surface area (Å²) in [6.07, 6.45) is 3.30. The third kappa shape index (κ3) is 0.939. The molecule has 1 aliphatic carbocycles. The minimum atomic E-state index is -0.0630. The summed E-state index contributed by atoms with van der Waals surface area (Å²) in [5.74, 6) is 0.990. The monoisotopic (exact) mass is 153 g/mol. The molecular formula is C7H11N3O. The van der Waals surface area contributed by atoms with Crippen LogP contribution in [0.25, 0.3) is 0 Å². The van der Waals surface area contributed by atoms with E-state index in [2.05, 4.69) is 17.1 Å². The van der Waals surface area contributed by atoms with Gasteiger partial charge in [-0.15, -0.1) is 10.2 Å². The molecule has 2 atom stereocenters. The molecule has 1 heterocycles. The Balaban J connectivity index is 2.13. The van der Waals surface area contributed by atoms with E-state index in [1.54, 1.807) is 0 Å². The molecule has 11 heavy (non-hydrogen) atoms. The maximum Gasteiger partial charge on any atom is 0.221 e. The number of nitrogens with zero attached hydrogens (tertiary/aromatic N) is 2. The Bertz CT molecular complexity index is 246. The van der Waals surface area contributed by atoms with Gasteiger partial charge in [-0.3, -0.25) is 0 Å². The Morgan fingerprint density at radius 3 is 3.18 bits per heavy atom. The number of nitrogens with two attached hydrogens (primary N) is 1. The first-order chi connectivity index (χ1) is 5.26. The van der Waals surface area contributed by atoms with Crippen LogP contribution in [0.5, 0.6) is 0 Å². The summed E-state index contributed by atoms with van der Waals surface area (Å²) in [6, 6.07) is 0. The molecule has 0 saturated heterocycles. The van der Waals surface area contributed by atoms with Gasteiger partial charge in [-0.2, -0.15) is 0 Å². The highest BCUT2D eigenvalue weighted by Crippen LogP contribution is 2.50. The standard InChI is InChI=1S/C7H11N3O/c1-2-7(8)3-5(7)6-10-9-4-11-6/h4-5H,2-3,8H2,1H3. The van der Waals surface area contributed by atoms with Crippen LogP contribution in [-0.4, -0.2) is 15.7 Å². The van der Waals surface area contributed by atoms with Gasteiger partial charge in [0.25, 0.3) is 0 Å². The van der Waals surface area contributed by atoms with E-state index in [1.165, 1.54) is 6.39 Å². The summed E-state index contributed by atoms with van der Waals surface area (Å²) >= 11 is 0. The molecule has 4 heteroatoms. The molecule has 1 fully saturated rings. The van der Waals surface area contributed by atoms with Crippen molar-refractivity contribution in [1.82, 2.24) is 10.2 Å². The summed E-state index contributed by atoms with van der Waals surface area (Å²) < 4.78 is 5.05. The van der Waals surface area contributed by atoms with Crippen LogP contribution in [0.3, 0.4) is 0 Å². The van der Waals surface area contributed by atoms with Crippen molar-refractivity contribution >= 4 is 0 Å². The maximum atomic E-state index is 5.95. The van der Waals surface area contributed by atoms with Crippen molar-refractivity contribution in [3.63, 3.8) is 0 Å². The second kappa shape index (κ2) is 2.04. The summed E-state index contributed by atoms with van der Waals surface area (Å²) in [4.78, 5) is 0. The van der Waals surface area contributed by atoms with Crippen molar-refractivity contribution in [2.45, 2.75) is 31.2 Å². The first kappa shape index (κ1) is 6.79. The molecule has 1 saturated carbocycles. The first-order valence-corrected chi connectivity index (χ1v) is 3.81. The fourth-order valence-electron chi connectivity index (χ4n) is 1.38. The Morgan fingerprint density at radius 2 is 2.73 bits per heavy atom. The molecule has 60 valence electrons. The smallest absolute Gasteiger partial charge is 0.221 e. The molecular weight excluding hydrogens is 142 g/mol. The van der Waals surface area contributed by atoms with Crippen LogP contribution in [0.2, 0.25) is 0 Å². The highest BCUT2D eigenvalue weighted by molar-refractivity contribution is 5.19. The highest BCUT2D eigenvalue weighted by Gasteiger charge is 2.53. The zero-order chi connectivity index (χ0) is 7.90. The lowest BCUT2D eigenvalue weighted by molar-refractivity contribution is 0.473. The molecule has 2 unspecified atom stereocenters. The van der Waals surface area contributed by atoms with Crippen molar-refractivity contribution in [3.05, 3.63) is 12.3 Å². The SMILES string of the molecule is CCC1(N)CC1c1nnco1. The molecule has 0 aromatic carbocycles. The van der Waals surface area contributed by atoms with Gasteiger partial charge in [0, 0.05) is 5.54 Å². The van der Waals surface area contributed by atoms with E-state index in [9.17, 15) is 0 Å². The van der Waals surface area contributed by atoms with Crippen molar-refractivity contribution in [1.29, 1.82) is 0 Å². The lowest BCUT2D eigenvalue weighted by Crippen LogP contribution is -2.22. The van der Waals surface area contributed by atoms with Crippen LogP contribution >= 0.6 is 0 Å². The third-order valence-corrected chi connectivity index (χ3v) is 2.45. The van der Waals surface area contributed by atoms with Crippen LogP contribution < -0.4 is 5.73 Å². The van der Waals surface area contributed by atoms with Crippen molar-refractivity contribution in [3.8, 4) is 0 Å². The molecule has 2 rings (SSSR count). The predicted octanol–water partition coefficient (Wildman–Crippen LogP) is 0.664. The van der Waals surface area contributed by atoms with Crippen LogP contribution in [-0.2, 0) is 0 Å². The van der Waals surface area contributed by atoms with E-state index in [0.29, 0.717) is 11.8 Å². The molecule has 1 aromatic rings. The first-order valence-electron chi connectivity index (χ1n) is 3.81. The average molecular weight is 153 g/mol. The molecule has 2 N–H and O–H groups in total. The number of rotatable bonds is 2. The van der Waals surface area contributed by atoms with Gasteiger partial charge in [-0.25, -0.2) is 0 Å². The number of hydrogen-bond acceptors (Lipinski definition) is 4. The van der Waals surface area contributed by atoms with E-state index in [0.717, 1.165) is 12.8 Å². The van der Waals surface area contributed by atoms with Crippen molar-refractivity contribution < 1.29 is 4.42 Å². The van der Waals surface area contributed by atoms with Gasteiger partial charge >= 0.3 is 0 Å². The zero-order valence-corrected chi connectivity index (χ0v) is 6.45. The lowest BCUT2D eigenvalue weighted by Gasteiger charge is -2.03. The normalized spacial score (nSPS) is 35.6. The Kier molecular flexibility index (Phi) is 1.26. The molecule has 0 amide bonds. The molecule has 0 aliphatic heterocycles. The fraction of sp³-hybridized carbons (Fsp3) is 0.714. The van der Waals surface area contributed by atoms with Crippen LogP contribution in [0.15, 0.2) is 10.8 Å². The predicted molar refractivity (Wildman–Crippen MR) is 38.9 cm³/mol. The van der Waals surface area contributed by atoms with Crippen LogP contribution in [0.1, 0.15) is 31.6 Å². The summed E-state index contributed by atoms with van der Waals surface area (Å²) in [5.41, 5.74) is 5.89. The summed E-state index contributed by atoms with van der Waals surface area (Å²) in [6.45, 7) is 2.08. The minimum Gasteiger partial charge on any atom is -0.428 e. The van der Waals surface area contributed by atoms with E-state index in [1.807, 2.05) is 0 Å². The molecule has 0 spiro atoms. The number of aromatic nitrogens is 2. The van der Waals surface area contributed by atoms with Crippen LogP contribution in [0.4, 0.5) is 0 Å². The topological polar surface area (TPSA) is 64.9 Å². The summed E-state index contributed by atoms with van der Waals surface area (Å²) in [7, 11) is 0. The second-order valence-electron chi connectivity index (χ2n) is 3.12. The van der Waals surface area contributed by atoms with Crippen molar-refractivity contribution in [2.75, 3.05) is 0 Å². The van der Waals surface area contributed by atoms with Gasteiger partial charge in [0.05, 0.1) is 5.92 Å². The Morgan fingerprint density at radius 1 is 1.91 bits per heavy atom. The van der Waals surface area contributed by atoms with Gasteiger partial charge in [0.1, 0.15) is 0 Å². The zero-order valence-electron chi connectivity index (χ0n) is 6.45. The van der Waals surface area contributed by atoms with E-state index in [-0.39, 0.29) is 5.54 Å². The fourth-order valence-corrected chi connectivity index (χ4v) is 1.38. The van der Waals surface area contributed by atoms with Crippen molar-refractivity contribution in [2.24, 2.45) is 5.73 Å². The van der Waals surface area contributed by atoms with Gasteiger partial charge in [-0.05, 0) is 12.8 Å². The molecule has 0 radical (unpaired) electrons. The lowest BCUT2D eigenvalue weighted by atomic mass is 10.1. The van der Waals surface area contributed by atoms with E-state index in [4.69, 9.17) is 10.2 Å². The Labute approximate surface area is 64.8 Å². The molecule has 0 bridgehead atoms. The summed E-state index contributed by atoms with van der Waals surface area (Å²) in [5, 5.41) is 7.44. The highest BCUT2D eigenvalue weighted by atomic mass is 16.4. The largest absolute Gasteiger partial charge is 0.428 e. The molecule has 1 aliphatic rings. The van der Waals surface area contributed by atoms with Crippen LogP contribution in [0, 0.1) is 0 Å². The van der Waals surface area contributed by atoms with Gasteiger partial charge in [0.2, 0.25) is 12.3 Å². The second-order valence-corrected chi connectivity index (χ2v) is 3.12. The van der Waals surface area contributed by atoms with Gasteiger partial charge < -0.3 is 10.2 Å². The molecule has 4 nitrogen and oxygen atoms in total. The third-order valence-electron chi connectivity index (χ3n) is 2.45. The van der Waals surface area contributed by atoms with Gasteiger partial charge in [0.15, 0.2) is 0 Å². The Hall–Kier alpha value is -0.900. The average Bonchev–Trinajstić information content (AvgIpc) is 2.53. The maximum absolute atomic E-state index is 5.95. The minimum absolute atomic E-state index is 0.0630. The molecule has 1 aromatic heterocycles. The van der Waals surface area contributed by atoms with Gasteiger partial charge in [-0.1, -0.05) is 6.92 Å².